The first-order valence-electron chi connectivity index (χ1n) is 6.00. The van der Waals surface area contributed by atoms with Gasteiger partial charge in [0.25, 0.3) is 0 Å². The highest BCUT2D eigenvalue weighted by atomic mass is 19.4. The van der Waals surface area contributed by atoms with E-state index in [0.29, 0.717) is 13.0 Å². The van der Waals surface area contributed by atoms with Crippen LogP contribution in [0.2, 0.25) is 0 Å². The number of rotatable bonds is 3. The summed E-state index contributed by atoms with van der Waals surface area (Å²) in [7, 11) is 0. The lowest BCUT2D eigenvalue weighted by atomic mass is 9.86. The molecule has 2 rings (SSSR count). The molecule has 0 spiro atoms. The normalized spacial score (nSPS) is 25.5. The van der Waals surface area contributed by atoms with Crippen LogP contribution in [-0.2, 0) is 10.9 Å². The Labute approximate surface area is 109 Å². The minimum Gasteiger partial charge on any atom is -0.373 e. The van der Waals surface area contributed by atoms with Crippen LogP contribution in [0.1, 0.15) is 36.9 Å². The molecule has 0 aliphatic carbocycles. The molecule has 2 atom stereocenters. The van der Waals surface area contributed by atoms with Gasteiger partial charge in [0, 0.05) is 24.6 Å². The van der Waals surface area contributed by atoms with E-state index in [4.69, 9.17) is 10.6 Å². The number of pyridine rings is 1. The number of hydrogen-bond donors (Lipinski definition) is 2. The van der Waals surface area contributed by atoms with Crippen LogP contribution < -0.4 is 11.3 Å². The molecule has 0 saturated carbocycles. The lowest BCUT2D eigenvalue weighted by Gasteiger charge is -2.34. The largest absolute Gasteiger partial charge is 0.416 e. The van der Waals surface area contributed by atoms with Gasteiger partial charge in [0.2, 0.25) is 0 Å². The Hall–Kier alpha value is -1.18. The second-order valence-electron chi connectivity index (χ2n) is 4.83. The second kappa shape index (κ2) is 5.07. The average Bonchev–Trinajstić information content (AvgIpc) is 2.77. The Morgan fingerprint density at radius 1 is 1.53 bits per heavy atom. The van der Waals surface area contributed by atoms with Gasteiger partial charge in [-0.25, -0.2) is 0 Å². The predicted molar refractivity (Wildman–Crippen MR) is 62.9 cm³/mol. The molecule has 106 valence electrons. The number of nitrogens with zero attached hydrogens (tertiary/aromatic N) is 1. The first kappa shape index (κ1) is 14.2. The molecule has 1 aliphatic rings. The Morgan fingerprint density at radius 2 is 2.26 bits per heavy atom. The fourth-order valence-corrected chi connectivity index (χ4v) is 2.52. The number of ether oxygens (including phenoxy) is 1. The molecule has 1 saturated heterocycles. The second-order valence-corrected chi connectivity index (χ2v) is 4.83. The summed E-state index contributed by atoms with van der Waals surface area (Å²) in [4.78, 5) is 3.78. The van der Waals surface area contributed by atoms with Crippen molar-refractivity contribution in [2.75, 3.05) is 6.61 Å². The zero-order valence-electron chi connectivity index (χ0n) is 10.5. The molecule has 4 nitrogen and oxygen atoms in total. The number of aromatic nitrogens is 1. The molecular weight excluding hydrogens is 259 g/mol. The van der Waals surface area contributed by atoms with E-state index in [2.05, 4.69) is 10.4 Å². The summed E-state index contributed by atoms with van der Waals surface area (Å²) in [5, 5.41) is 0. The first-order valence-corrected chi connectivity index (χ1v) is 6.00. The zero-order valence-corrected chi connectivity index (χ0v) is 10.5. The number of alkyl halides is 3. The summed E-state index contributed by atoms with van der Waals surface area (Å²) >= 11 is 0. The third-order valence-electron chi connectivity index (χ3n) is 3.49. The van der Waals surface area contributed by atoms with Gasteiger partial charge in [-0.3, -0.25) is 16.3 Å². The summed E-state index contributed by atoms with van der Waals surface area (Å²) in [6.07, 6.45) is -0.676. The smallest absolute Gasteiger partial charge is 0.373 e. The molecule has 7 heteroatoms. The number of hydrazine groups is 1. The summed E-state index contributed by atoms with van der Waals surface area (Å²) in [6.45, 7) is 2.29. The topological polar surface area (TPSA) is 60.2 Å². The maximum absolute atomic E-state index is 13.0. The molecule has 1 aliphatic heterocycles. The lowest BCUT2D eigenvalue weighted by molar-refractivity contribution is -0.139. The van der Waals surface area contributed by atoms with Gasteiger partial charge in [0.05, 0.1) is 17.2 Å². The van der Waals surface area contributed by atoms with Crippen LogP contribution in [0.15, 0.2) is 18.5 Å². The van der Waals surface area contributed by atoms with E-state index in [1.807, 2.05) is 0 Å². The van der Waals surface area contributed by atoms with Crippen LogP contribution in [-0.4, -0.2) is 17.2 Å². The minimum absolute atomic E-state index is 0.0156. The number of hydrogen-bond acceptors (Lipinski definition) is 4. The van der Waals surface area contributed by atoms with Crippen LogP contribution >= 0.6 is 0 Å². The Morgan fingerprint density at radius 3 is 2.79 bits per heavy atom. The summed E-state index contributed by atoms with van der Waals surface area (Å²) < 4.78 is 44.6. The van der Waals surface area contributed by atoms with Crippen molar-refractivity contribution in [3.05, 3.63) is 29.6 Å². The highest BCUT2D eigenvalue weighted by Crippen LogP contribution is 2.41. The van der Waals surface area contributed by atoms with E-state index in [1.54, 1.807) is 6.92 Å². The minimum atomic E-state index is -4.44. The van der Waals surface area contributed by atoms with Crippen molar-refractivity contribution >= 4 is 0 Å². The monoisotopic (exact) mass is 275 g/mol. The summed E-state index contributed by atoms with van der Waals surface area (Å²) in [5.74, 6) is 5.46. The van der Waals surface area contributed by atoms with Gasteiger partial charge >= 0.3 is 6.18 Å². The van der Waals surface area contributed by atoms with Crippen LogP contribution in [0.4, 0.5) is 13.2 Å². The van der Waals surface area contributed by atoms with Gasteiger partial charge in [-0.05, 0) is 25.8 Å². The molecule has 19 heavy (non-hydrogen) atoms. The molecule has 2 unspecified atom stereocenters. The van der Waals surface area contributed by atoms with Crippen LogP contribution in [0, 0.1) is 0 Å². The van der Waals surface area contributed by atoms with Crippen molar-refractivity contribution < 1.29 is 17.9 Å². The summed E-state index contributed by atoms with van der Waals surface area (Å²) in [5.41, 5.74) is 0.978. The van der Waals surface area contributed by atoms with Crippen LogP contribution in [0.3, 0.4) is 0 Å². The average molecular weight is 275 g/mol. The molecular formula is C12H16F3N3O. The SMILES string of the molecule is CC1(C(NN)c2cnccc2C(F)(F)F)CCCO1. The number of nitrogens with one attached hydrogen (secondary N) is 1. The maximum atomic E-state index is 13.0. The first-order chi connectivity index (χ1) is 8.88. The fraction of sp³-hybridized carbons (Fsp3) is 0.583. The zero-order chi connectivity index (χ0) is 14.1. The molecule has 1 fully saturated rings. The van der Waals surface area contributed by atoms with E-state index in [9.17, 15) is 13.2 Å². The van der Waals surface area contributed by atoms with E-state index in [0.717, 1.165) is 18.7 Å². The Kier molecular flexibility index (Phi) is 3.80. The highest BCUT2D eigenvalue weighted by Gasteiger charge is 2.43. The lowest BCUT2D eigenvalue weighted by Crippen LogP contribution is -2.45. The number of halogens is 3. The van der Waals surface area contributed by atoms with Crippen LogP contribution in [0.25, 0.3) is 0 Å². The molecule has 1 aromatic rings. The molecule has 3 N–H and O–H groups in total. The van der Waals surface area contributed by atoms with Gasteiger partial charge < -0.3 is 4.74 Å². The van der Waals surface area contributed by atoms with Crippen LogP contribution in [0.5, 0.6) is 0 Å². The standard InChI is InChI=1S/C12H16F3N3O/c1-11(4-2-6-19-11)10(18-16)8-7-17-5-3-9(8)12(13,14)15/h3,5,7,10,18H,2,4,6,16H2,1H3. The highest BCUT2D eigenvalue weighted by molar-refractivity contribution is 5.31. The van der Waals surface area contributed by atoms with Gasteiger partial charge in [-0.2, -0.15) is 13.2 Å². The summed E-state index contributed by atoms with van der Waals surface area (Å²) in [6, 6.07) is 0.207. The van der Waals surface area contributed by atoms with Gasteiger partial charge in [-0.1, -0.05) is 0 Å². The van der Waals surface area contributed by atoms with E-state index in [-0.39, 0.29) is 5.56 Å². The van der Waals surface area contributed by atoms with Crippen molar-refractivity contribution in [3.8, 4) is 0 Å². The van der Waals surface area contributed by atoms with Crippen molar-refractivity contribution in [2.45, 2.75) is 37.6 Å². The van der Waals surface area contributed by atoms with Crippen molar-refractivity contribution in [3.63, 3.8) is 0 Å². The fourth-order valence-electron chi connectivity index (χ4n) is 2.52. The van der Waals surface area contributed by atoms with E-state index >= 15 is 0 Å². The molecule has 0 aromatic carbocycles. The Bertz CT molecular complexity index is 444. The Balaban J connectivity index is 2.44. The van der Waals surface area contributed by atoms with Crippen molar-refractivity contribution in [1.82, 2.24) is 10.4 Å². The van der Waals surface area contributed by atoms with Gasteiger partial charge in [0.1, 0.15) is 0 Å². The van der Waals surface area contributed by atoms with E-state index < -0.39 is 23.4 Å². The number of nitrogens with two attached hydrogens (primary N) is 1. The third-order valence-corrected chi connectivity index (χ3v) is 3.49. The van der Waals surface area contributed by atoms with E-state index in [1.165, 1.54) is 6.20 Å². The molecule has 0 radical (unpaired) electrons. The quantitative estimate of drug-likeness (QED) is 0.655. The van der Waals surface area contributed by atoms with Crippen molar-refractivity contribution in [1.29, 1.82) is 0 Å². The molecule has 0 amide bonds. The maximum Gasteiger partial charge on any atom is 0.416 e. The molecule has 2 heterocycles. The molecule has 0 bridgehead atoms. The molecule has 1 aromatic heterocycles. The van der Waals surface area contributed by atoms with Gasteiger partial charge in [-0.15, -0.1) is 0 Å². The third kappa shape index (κ3) is 2.72. The van der Waals surface area contributed by atoms with Gasteiger partial charge in [0.15, 0.2) is 0 Å². The van der Waals surface area contributed by atoms with Crippen molar-refractivity contribution in [2.24, 2.45) is 5.84 Å². The predicted octanol–water partition coefficient (Wildman–Crippen LogP) is 2.17.